The normalized spacial score (nSPS) is 13.7. The van der Waals surface area contributed by atoms with Gasteiger partial charge in [-0.15, -0.1) is 13.2 Å². The van der Waals surface area contributed by atoms with Gasteiger partial charge in [0.05, 0.1) is 40.1 Å². The molecular weight excluding hydrogens is 581 g/mol. The van der Waals surface area contributed by atoms with E-state index in [-0.39, 0.29) is 17.9 Å². The maximum absolute atomic E-state index is 13.2. The minimum absolute atomic E-state index is 0.0665. The summed E-state index contributed by atoms with van der Waals surface area (Å²) in [5.74, 6) is -1.39. The zero-order valence-corrected chi connectivity index (χ0v) is 23.3. The summed E-state index contributed by atoms with van der Waals surface area (Å²) in [6.45, 7) is 1.61. The van der Waals surface area contributed by atoms with Crippen LogP contribution in [-0.4, -0.2) is 30.2 Å². The number of nitro benzene ring substituents is 1. The van der Waals surface area contributed by atoms with Crippen molar-refractivity contribution in [3.05, 3.63) is 106 Å². The fraction of sp³-hybridized carbons (Fsp3) is 0.161. The molecule has 0 aliphatic carbocycles. The minimum Gasteiger partial charge on any atom is -0.490 e. The summed E-state index contributed by atoms with van der Waals surface area (Å²) >= 11 is 0. The highest BCUT2D eigenvalue weighted by atomic mass is 19.4. The Kier molecular flexibility index (Phi) is 7.64. The van der Waals surface area contributed by atoms with Crippen molar-refractivity contribution in [1.29, 1.82) is 0 Å². The quantitative estimate of drug-likeness (QED) is 0.154. The molecule has 0 spiro atoms. The molecule has 1 heterocycles. The maximum atomic E-state index is 13.2. The number of halogens is 3. The Hall–Kier alpha value is -5.59. The Morgan fingerprint density at radius 2 is 1.59 bits per heavy atom. The molecule has 10 nitrogen and oxygen atoms in total. The van der Waals surface area contributed by atoms with Crippen molar-refractivity contribution < 1.29 is 37.2 Å². The van der Waals surface area contributed by atoms with Crippen LogP contribution in [0.5, 0.6) is 11.5 Å². The Balaban J connectivity index is 1.45. The second-order valence-corrected chi connectivity index (χ2v) is 10.3. The fourth-order valence-electron chi connectivity index (χ4n) is 5.02. The van der Waals surface area contributed by atoms with Crippen LogP contribution in [0, 0.1) is 10.1 Å². The van der Waals surface area contributed by atoms with Crippen LogP contribution in [0.1, 0.15) is 28.4 Å². The molecule has 5 rings (SSSR count). The Morgan fingerprint density at radius 1 is 0.909 bits per heavy atom. The van der Waals surface area contributed by atoms with E-state index in [1.54, 1.807) is 55.5 Å². The van der Waals surface area contributed by atoms with Crippen LogP contribution in [0.15, 0.2) is 78.9 Å². The molecule has 1 unspecified atom stereocenters. The van der Waals surface area contributed by atoms with Gasteiger partial charge in [0.2, 0.25) is 5.91 Å². The highest BCUT2D eigenvalue weighted by Gasteiger charge is 2.35. The largest absolute Gasteiger partial charge is 0.573 e. The van der Waals surface area contributed by atoms with E-state index in [0.717, 1.165) is 12.1 Å². The van der Waals surface area contributed by atoms with Crippen LogP contribution in [0.3, 0.4) is 0 Å². The first-order valence-corrected chi connectivity index (χ1v) is 13.1. The van der Waals surface area contributed by atoms with Crippen molar-refractivity contribution in [3.8, 4) is 22.6 Å². The summed E-state index contributed by atoms with van der Waals surface area (Å²) in [6.07, 6.45) is -4.76. The Morgan fingerprint density at radius 3 is 2.23 bits per heavy atom. The molecule has 0 saturated heterocycles. The number of alkyl halides is 3. The van der Waals surface area contributed by atoms with E-state index >= 15 is 0 Å². The summed E-state index contributed by atoms with van der Waals surface area (Å²) < 4.78 is 46.7. The van der Waals surface area contributed by atoms with Gasteiger partial charge in [-0.2, -0.15) is 0 Å². The van der Waals surface area contributed by atoms with Gasteiger partial charge in [-0.3, -0.25) is 19.7 Å². The highest BCUT2D eigenvalue weighted by Crippen LogP contribution is 2.39. The van der Waals surface area contributed by atoms with Gasteiger partial charge in [0, 0.05) is 6.07 Å². The lowest BCUT2D eigenvalue weighted by atomic mass is 9.76. The van der Waals surface area contributed by atoms with Crippen molar-refractivity contribution in [2.24, 2.45) is 5.73 Å². The van der Waals surface area contributed by atoms with Crippen molar-refractivity contribution in [1.82, 2.24) is 0 Å². The maximum Gasteiger partial charge on any atom is 0.573 e. The molecule has 2 amide bonds. The van der Waals surface area contributed by atoms with Gasteiger partial charge in [0.15, 0.2) is 5.75 Å². The van der Waals surface area contributed by atoms with Gasteiger partial charge in [0.1, 0.15) is 5.75 Å². The van der Waals surface area contributed by atoms with Crippen LogP contribution >= 0.6 is 0 Å². The number of amides is 2. The van der Waals surface area contributed by atoms with Gasteiger partial charge in [0.25, 0.3) is 5.91 Å². The number of benzene rings is 4. The number of nitrogens with one attached hydrogen (secondary N) is 2. The molecule has 13 heteroatoms. The van der Waals surface area contributed by atoms with Gasteiger partial charge in [-0.05, 0) is 84.1 Å². The molecule has 0 aromatic heterocycles. The summed E-state index contributed by atoms with van der Waals surface area (Å²) in [7, 11) is 1.34. The smallest absolute Gasteiger partial charge is 0.490 e. The first-order chi connectivity index (χ1) is 20.8. The Labute approximate surface area is 248 Å². The monoisotopic (exact) mass is 606 g/mol. The molecule has 4 aromatic rings. The minimum atomic E-state index is -4.83. The van der Waals surface area contributed by atoms with Gasteiger partial charge >= 0.3 is 12.0 Å². The summed E-state index contributed by atoms with van der Waals surface area (Å²) in [5, 5.41) is 17.4. The Bertz CT molecular complexity index is 1790. The van der Waals surface area contributed by atoms with E-state index in [1.165, 1.54) is 25.3 Å². The van der Waals surface area contributed by atoms with Gasteiger partial charge in [-0.25, -0.2) is 0 Å². The lowest BCUT2D eigenvalue weighted by Gasteiger charge is -2.28. The highest BCUT2D eigenvalue weighted by molar-refractivity contribution is 6.12. The third-order valence-corrected chi connectivity index (χ3v) is 7.41. The second-order valence-electron chi connectivity index (χ2n) is 10.3. The topological polar surface area (TPSA) is 146 Å². The van der Waals surface area contributed by atoms with Gasteiger partial charge < -0.3 is 25.8 Å². The number of anilines is 3. The van der Waals surface area contributed by atoms with E-state index in [0.29, 0.717) is 44.9 Å². The fourth-order valence-corrected chi connectivity index (χ4v) is 5.02. The zero-order chi connectivity index (χ0) is 31.8. The van der Waals surface area contributed by atoms with Crippen LogP contribution in [0.4, 0.5) is 35.9 Å². The molecular formula is C31H25F3N4O6. The lowest BCUT2D eigenvalue weighted by Crippen LogP contribution is -2.40. The van der Waals surface area contributed by atoms with Crippen LogP contribution < -0.4 is 25.8 Å². The molecule has 0 radical (unpaired) electrons. The number of carbonyl (C=O) groups is 2. The predicted molar refractivity (Wildman–Crippen MR) is 156 cm³/mol. The summed E-state index contributed by atoms with van der Waals surface area (Å²) in [6, 6.07) is 19.7. The van der Waals surface area contributed by atoms with E-state index in [4.69, 9.17) is 10.5 Å². The SMILES string of the molecule is COc1cc(-c2ccc3c(c2)Nc2ccc(C(C)(Cc4ccc(OC(F)(F)F)cc4)C(N)=O)cc2NC3=O)ccc1[N+](=O)[O-]. The zero-order valence-electron chi connectivity index (χ0n) is 23.3. The number of methoxy groups -OCH3 is 1. The number of hydrogen-bond donors (Lipinski definition) is 3. The van der Waals surface area contributed by atoms with Crippen molar-refractivity contribution in [2.75, 3.05) is 17.7 Å². The molecule has 0 saturated carbocycles. The molecule has 0 fully saturated rings. The number of primary amides is 1. The van der Waals surface area contributed by atoms with E-state index in [9.17, 15) is 32.9 Å². The number of ether oxygens (including phenoxy) is 2. The van der Waals surface area contributed by atoms with Crippen LogP contribution in [0.25, 0.3) is 11.1 Å². The first kappa shape index (κ1) is 29.9. The number of nitrogens with two attached hydrogens (primary N) is 1. The average Bonchev–Trinajstić information content (AvgIpc) is 3.11. The molecule has 1 aliphatic rings. The van der Waals surface area contributed by atoms with E-state index in [2.05, 4.69) is 15.4 Å². The van der Waals surface area contributed by atoms with E-state index in [1.807, 2.05) is 0 Å². The number of fused-ring (bicyclic) bond motifs is 2. The predicted octanol–water partition coefficient (Wildman–Crippen LogP) is 6.46. The lowest BCUT2D eigenvalue weighted by molar-refractivity contribution is -0.385. The molecule has 44 heavy (non-hydrogen) atoms. The average molecular weight is 607 g/mol. The third-order valence-electron chi connectivity index (χ3n) is 7.41. The number of nitrogens with zero attached hydrogens (tertiary/aromatic N) is 1. The second kappa shape index (κ2) is 11.2. The van der Waals surface area contributed by atoms with Crippen molar-refractivity contribution in [2.45, 2.75) is 25.1 Å². The molecule has 4 aromatic carbocycles. The third kappa shape index (κ3) is 5.98. The van der Waals surface area contributed by atoms with Crippen molar-refractivity contribution in [3.63, 3.8) is 0 Å². The molecule has 0 bridgehead atoms. The number of carbonyl (C=O) groups excluding carboxylic acids is 2. The summed E-state index contributed by atoms with van der Waals surface area (Å²) in [5.41, 5.74) is 8.40. The van der Waals surface area contributed by atoms with Crippen LogP contribution in [0.2, 0.25) is 0 Å². The standard InChI is InChI=1S/C31H25F3N4O6/c1-30(29(35)40,16-17-3-8-21(9-4-17)44-31(32,33)34)20-7-11-23-25(15-20)37-28(39)22-10-5-18(13-24(22)36-23)19-6-12-26(38(41)42)27(14-19)43-2/h3-15,36H,16H2,1-2H3,(H2,35,40)(H,37,39). The number of nitro groups is 1. The van der Waals surface area contributed by atoms with Crippen molar-refractivity contribution >= 4 is 34.6 Å². The molecule has 1 atom stereocenters. The molecule has 226 valence electrons. The molecule has 4 N–H and O–H groups in total. The van der Waals surface area contributed by atoms with Gasteiger partial charge in [-0.1, -0.05) is 24.3 Å². The first-order valence-electron chi connectivity index (χ1n) is 13.1. The summed E-state index contributed by atoms with van der Waals surface area (Å²) in [4.78, 5) is 36.7. The van der Waals surface area contributed by atoms with Crippen LogP contribution in [-0.2, 0) is 16.6 Å². The molecule has 1 aliphatic heterocycles. The number of hydrogen-bond acceptors (Lipinski definition) is 7. The number of rotatable bonds is 8. The van der Waals surface area contributed by atoms with E-state index < -0.39 is 34.3 Å².